The lowest BCUT2D eigenvalue weighted by Gasteiger charge is -2.18. The maximum atomic E-state index is 13.5. The number of nitrogens with zero attached hydrogens (tertiary/aromatic N) is 1. The second-order valence-electron chi connectivity index (χ2n) is 8.11. The van der Waals surface area contributed by atoms with Gasteiger partial charge in [-0.05, 0) is 36.1 Å². The number of fused-ring (bicyclic) bond motifs is 3. The van der Waals surface area contributed by atoms with E-state index in [9.17, 15) is 13.2 Å². The average molecular weight is 526 g/mol. The largest absolute Gasteiger partial charge is 0.482 e. The van der Waals surface area contributed by atoms with Gasteiger partial charge in [0.05, 0.1) is 11.4 Å². The first-order chi connectivity index (χ1) is 16.8. The van der Waals surface area contributed by atoms with E-state index in [1.165, 1.54) is 11.3 Å². The van der Waals surface area contributed by atoms with Crippen molar-refractivity contribution in [2.75, 3.05) is 6.61 Å². The van der Waals surface area contributed by atoms with Gasteiger partial charge in [-0.2, -0.15) is 0 Å². The fourth-order valence-electron chi connectivity index (χ4n) is 4.26. The lowest BCUT2D eigenvalue weighted by atomic mass is 9.93. The van der Waals surface area contributed by atoms with Crippen molar-refractivity contribution in [3.8, 4) is 28.1 Å². The lowest BCUT2D eigenvalue weighted by Crippen LogP contribution is -2.12. The Bertz CT molecular complexity index is 1550. The third-order valence-electron chi connectivity index (χ3n) is 5.81. The molecular formula is C26H20ClNO5S2. The molecule has 3 aromatic carbocycles. The van der Waals surface area contributed by atoms with Crippen LogP contribution in [0.15, 0.2) is 71.1 Å². The van der Waals surface area contributed by atoms with Crippen molar-refractivity contribution in [2.24, 2.45) is 0 Å². The van der Waals surface area contributed by atoms with Crippen LogP contribution in [0.25, 0.3) is 22.4 Å². The number of aryl methyl sites for hydroxylation is 1. The number of hydrogen-bond acceptors (Lipinski definition) is 6. The number of halogens is 1. The predicted molar refractivity (Wildman–Crippen MR) is 136 cm³/mol. The maximum absolute atomic E-state index is 13.5. The lowest BCUT2D eigenvalue weighted by molar-refractivity contribution is -0.139. The first-order valence-corrected chi connectivity index (χ1v) is 13.7. The zero-order chi connectivity index (χ0) is 24.6. The number of aromatic nitrogens is 1. The van der Waals surface area contributed by atoms with Crippen molar-refractivity contribution in [1.82, 2.24) is 4.98 Å². The average Bonchev–Trinajstić information content (AvgIpc) is 3.29. The monoisotopic (exact) mass is 525 g/mol. The Morgan fingerprint density at radius 3 is 2.46 bits per heavy atom. The molecule has 0 unspecified atom stereocenters. The van der Waals surface area contributed by atoms with Gasteiger partial charge in [0.1, 0.15) is 5.75 Å². The molecule has 0 saturated heterocycles. The van der Waals surface area contributed by atoms with E-state index in [1.54, 1.807) is 24.3 Å². The Hall–Kier alpha value is -3.20. The topological polar surface area (TPSA) is 93.6 Å². The summed E-state index contributed by atoms with van der Waals surface area (Å²) in [6, 6.07) is 20.0. The second kappa shape index (κ2) is 9.45. The van der Waals surface area contributed by atoms with Crippen LogP contribution >= 0.6 is 22.9 Å². The SMILES string of the molecule is O=C(O)COc1cccc2c1CCc1sc(S(=O)(=O)Cc3ccccc3-c3ccccc3Cl)nc1-2. The molecule has 1 aromatic heterocycles. The van der Waals surface area contributed by atoms with Gasteiger partial charge in [-0.15, -0.1) is 11.3 Å². The summed E-state index contributed by atoms with van der Waals surface area (Å²) in [7, 11) is -3.73. The Kier molecular flexibility index (Phi) is 6.35. The zero-order valence-corrected chi connectivity index (χ0v) is 20.8. The van der Waals surface area contributed by atoms with Gasteiger partial charge in [-0.3, -0.25) is 0 Å². The number of aliphatic carboxylic acids is 1. The van der Waals surface area contributed by atoms with Crippen LogP contribution in [-0.4, -0.2) is 31.1 Å². The molecule has 0 atom stereocenters. The summed E-state index contributed by atoms with van der Waals surface area (Å²) in [5, 5.41) is 9.50. The standard InChI is InChI=1S/C26H20ClNO5S2/c27-21-10-4-3-8-18(21)17-7-2-1-6-16(17)15-35(31,32)26-28-25-20-9-5-11-22(33-14-24(29)30)19(20)12-13-23(25)34-26/h1-11H,12-15H2,(H,29,30). The smallest absolute Gasteiger partial charge is 0.341 e. The van der Waals surface area contributed by atoms with Gasteiger partial charge in [0.15, 0.2) is 6.61 Å². The molecule has 9 heteroatoms. The summed E-state index contributed by atoms with van der Waals surface area (Å²) < 4.78 is 32.5. The molecule has 1 aliphatic rings. The van der Waals surface area contributed by atoms with Crippen molar-refractivity contribution in [3.63, 3.8) is 0 Å². The molecule has 1 heterocycles. The highest BCUT2D eigenvalue weighted by Gasteiger charge is 2.29. The third kappa shape index (κ3) is 4.69. The molecule has 4 aromatic rings. The number of thiazole rings is 1. The van der Waals surface area contributed by atoms with Crippen LogP contribution in [0.4, 0.5) is 0 Å². The van der Waals surface area contributed by atoms with Crippen LogP contribution in [0.2, 0.25) is 5.02 Å². The number of carbonyl (C=O) groups is 1. The van der Waals surface area contributed by atoms with Crippen LogP contribution < -0.4 is 4.74 Å². The number of hydrogen-bond donors (Lipinski definition) is 1. The maximum Gasteiger partial charge on any atom is 0.341 e. The Morgan fingerprint density at radius 2 is 1.69 bits per heavy atom. The van der Waals surface area contributed by atoms with Crippen LogP contribution in [0.5, 0.6) is 5.75 Å². The molecule has 178 valence electrons. The highest BCUT2D eigenvalue weighted by atomic mass is 35.5. The molecule has 0 saturated carbocycles. The van der Waals surface area contributed by atoms with E-state index < -0.39 is 22.4 Å². The van der Waals surface area contributed by atoms with E-state index in [1.807, 2.05) is 42.5 Å². The van der Waals surface area contributed by atoms with Crippen molar-refractivity contribution < 1.29 is 23.1 Å². The quantitative estimate of drug-likeness (QED) is 0.334. The predicted octanol–water partition coefficient (Wildman–Crippen LogP) is 5.67. The first kappa shape index (κ1) is 23.5. The molecule has 6 nitrogen and oxygen atoms in total. The van der Waals surface area contributed by atoms with E-state index in [4.69, 9.17) is 21.4 Å². The minimum absolute atomic E-state index is 0.0705. The molecule has 0 spiro atoms. The normalized spacial score (nSPS) is 12.6. The minimum Gasteiger partial charge on any atom is -0.482 e. The van der Waals surface area contributed by atoms with E-state index in [0.717, 1.165) is 27.1 Å². The van der Waals surface area contributed by atoms with Gasteiger partial charge in [0.25, 0.3) is 0 Å². The van der Waals surface area contributed by atoms with E-state index >= 15 is 0 Å². The fourth-order valence-corrected chi connectivity index (χ4v) is 7.30. The second-order valence-corrected chi connectivity index (χ2v) is 11.8. The van der Waals surface area contributed by atoms with Crippen molar-refractivity contribution in [3.05, 3.63) is 87.8 Å². The third-order valence-corrected chi connectivity index (χ3v) is 9.38. The molecule has 35 heavy (non-hydrogen) atoms. The number of carboxylic acid groups (broad SMARTS) is 1. The molecule has 1 N–H and O–H groups in total. The van der Waals surface area contributed by atoms with Crippen molar-refractivity contribution in [2.45, 2.75) is 22.9 Å². The van der Waals surface area contributed by atoms with E-state index in [2.05, 4.69) is 4.98 Å². The number of rotatable bonds is 7. The van der Waals surface area contributed by atoms with Crippen LogP contribution in [0.3, 0.4) is 0 Å². The van der Waals surface area contributed by atoms with Crippen molar-refractivity contribution in [1.29, 1.82) is 0 Å². The molecule has 0 aliphatic heterocycles. The van der Waals surface area contributed by atoms with Gasteiger partial charge in [-0.1, -0.05) is 66.2 Å². The van der Waals surface area contributed by atoms with E-state index in [-0.39, 0.29) is 10.1 Å². The molecule has 1 aliphatic carbocycles. The summed E-state index contributed by atoms with van der Waals surface area (Å²) in [5.41, 5.74) is 4.45. The van der Waals surface area contributed by atoms with E-state index in [0.29, 0.717) is 34.9 Å². The number of ether oxygens (including phenoxy) is 1. The molecule has 5 rings (SSSR count). The summed E-state index contributed by atoms with van der Waals surface area (Å²) in [4.78, 5) is 16.4. The van der Waals surface area contributed by atoms with Crippen LogP contribution in [0.1, 0.15) is 16.0 Å². The van der Waals surface area contributed by atoms with Gasteiger partial charge in [0.2, 0.25) is 14.2 Å². The highest BCUT2D eigenvalue weighted by molar-refractivity contribution is 7.92. The summed E-state index contributed by atoms with van der Waals surface area (Å²) in [6.07, 6.45) is 1.23. The van der Waals surface area contributed by atoms with Crippen LogP contribution in [0, 0.1) is 0 Å². The molecule has 0 radical (unpaired) electrons. The number of sulfone groups is 1. The Labute approximate surface area is 211 Å². The van der Waals surface area contributed by atoms with Gasteiger partial charge < -0.3 is 9.84 Å². The molecular weight excluding hydrogens is 506 g/mol. The molecule has 0 amide bonds. The number of benzene rings is 3. The summed E-state index contributed by atoms with van der Waals surface area (Å²) >= 11 is 7.58. The summed E-state index contributed by atoms with van der Waals surface area (Å²) in [6.45, 7) is -0.440. The Balaban J connectivity index is 1.49. The highest BCUT2D eigenvalue weighted by Crippen LogP contribution is 2.42. The first-order valence-electron chi connectivity index (χ1n) is 10.9. The van der Waals surface area contributed by atoms with Gasteiger partial charge >= 0.3 is 5.97 Å². The Morgan fingerprint density at radius 1 is 0.971 bits per heavy atom. The van der Waals surface area contributed by atoms with Crippen molar-refractivity contribution >= 4 is 38.7 Å². The van der Waals surface area contributed by atoms with Gasteiger partial charge in [-0.25, -0.2) is 18.2 Å². The fraction of sp³-hybridized carbons (Fsp3) is 0.154. The number of carboxylic acids is 1. The summed E-state index contributed by atoms with van der Waals surface area (Å²) in [5.74, 6) is -0.769. The van der Waals surface area contributed by atoms with Gasteiger partial charge in [0, 0.05) is 26.6 Å². The zero-order valence-electron chi connectivity index (χ0n) is 18.4. The minimum atomic E-state index is -3.73. The molecule has 0 fully saturated rings. The molecule has 0 bridgehead atoms. The van der Waals surface area contributed by atoms with Crippen LogP contribution in [-0.2, 0) is 33.2 Å².